The van der Waals surface area contributed by atoms with Gasteiger partial charge in [-0.3, -0.25) is 19.0 Å². The Morgan fingerprint density at radius 1 is 0.800 bits per heavy atom. The van der Waals surface area contributed by atoms with Crippen LogP contribution in [-0.2, 0) is 34.4 Å². The molecule has 184 valence electrons. The summed E-state index contributed by atoms with van der Waals surface area (Å²) in [4.78, 5) is 25.1. The van der Waals surface area contributed by atoms with Crippen molar-refractivity contribution < 1.29 is 31.2 Å². The molecule has 0 spiro atoms. The molecule has 0 bridgehead atoms. The standard InChI is InChI=1S/C24H24N2O7S2/c1-3-33-24(28)23(17(2)27)21-16-18(25-34(29,30)19-10-6-4-7-11-19)14-15-22(21)26-35(31,32)20-12-8-5-9-13-20/h4-16,23,25-26H,3H2,1-2H3. The van der Waals surface area contributed by atoms with E-state index in [0.29, 0.717) is 0 Å². The van der Waals surface area contributed by atoms with Gasteiger partial charge in [-0.05, 0) is 61.9 Å². The van der Waals surface area contributed by atoms with Crippen LogP contribution in [0.2, 0.25) is 0 Å². The van der Waals surface area contributed by atoms with Crippen LogP contribution < -0.4 is 9.44 Å². The lowest BCUT2D eigenvalue weighted by Gasteiger charge is -2.20. The van der Waals surface area contributed by atoms with Crippen molar-refractivity contribution in [2.24, 2.45) is 0 Å². The fraction of sp³-hybridized carbons (Fsp3) is 0.167. The molecule has 0 saturated heterocycles. The molecule has 3 aromatic carbocycles. The predicted molar refractivity (Wildman–Crippen MR) is 131 cm³/mol. The molecule has 0 aliphatic carbocycles. The second kappa shape index (κ2) is 10.7. The van der Waals surface area contributed by atoms with Crippen LogP contribution in [0.1, 0.15) is 25.3 Å². The normalized spacial score (nSPS) is 12.4. The van der Waals surface area contributed by atoms with Crippen molar-refractivity contribution in [3.05, 3.63) is 84.4 Å². The Morgan fingerprint density at radius 2 is 1.31 bits per heavy atom. The van der Waals surface area contributed by atoms with Crippen molar-refractivity contribution >= 4 is 43.2 Å². The lowest BCUT2D eigenvalue weighted by Crippen LogP contribution is -2.25. The number of esters is 1. The minimum Gasteiger partial charge on any atom is -0.465 e. The average molecular weight is 517 g/mol. The molecule has 0 aromatic heterocycles. The lowest BCUT2D eigenvalue weighted by atomic mass is 9.93. The number of anilines is 2. The van der Waals surface area contributed by atoms with Crippen molar-refractivity contribution in [2.75, 3.05) is 16.1 Å². The molecule has 0 radical (unpaired) electrons. The Labute approximate surface area is 204 Å². The van der Waals surface area contributed by atoms with Gasteiger partial charge in [-0.15, -0.1) is 0 Å². The number of benzene rings is 3. The Balaban J connectivity index is 2.09. The predicted octanol–water partition coefficient (Wildman–Crippen LogP) is 3.52. The second-order valence-electron chi connectivity index (χ2n) is 7.43. The van der Waals surface area contributed by atoms with Gasteiger partial charge in [0.05, 0.1) is 22.1 Å². The molecule has 0 fully saturated rings. The van der Waals surface area contributed by atoms with E-state index in [1.54, 1.807) is 43.3 Å². The molecule has 3 rings (SSSR count). The van der Waals surface area contributed by atoms with Gasteiger partial charge in [0.1, 0.15) is 11.7 Å². The molecular formula is C24H24N2O7S2. The molecule has 1 unspecified atom stereocenters. The van der Waals surface area contributed by atoms with E-state index in [4.69, 9.17) is 4.74 Å². The van der Waals surface area contributed by atoms with Crippen LogP contribution in [0.4, 0.5) is 11.4 Å². The number of hydrogen-bond donors (Lipinski definition) is 2. The molecule has 35 heavy (non-hydrogen) atoms. The first-order valence-electron chi connectivity index (χ1n) is 10.5. The van der Waals surface area contributed by atoms with Crippen LogP contribution >= 0.6 is 0 Å². The molecule has 11 heteroatoms. The number of ether oxygens (including phenoxy) is 1. The van der Waals surface area contributed by atoms with Crippen molar-refractivity contribution in [3.8, 4) is 0 Å². The highest BCUT2D eigenvalue weighted by atomic mass is 32.2. The minimum atomic E-state index is -4.08. The zero-order valence-corrected chi connectivity index (χ0v) is 20.6. The third-order valence-corrected chi connectivity index (χ3v) is 7.67. The van der Waals surface area contributed by atoms with E-state index >= 15 is 0 Å². The number of ketones is 1. The number of carbonyl (C=O) groups is 2. The van der Waals surface area contributed by atoms with Gasteiger partial charge in [-0.1, -0.05) is 36.4 Å². The minimum absolute atomic E-state index is 0.00363. The average Bonchev–Trinajstić information content (AvgIpc) is 2.81. The maximum atomic E-state index is 12.9. The zero-order valence-electron chi connectivity index (χ0n) is 19.0. The molecule has 3 aromatic rings. The van der Waals surface area contributed by atoms with Crippen molar-refractivity contribution in [1.29, 1.82) is 0 Å². The van der Waals surface area contributed by atoms with Crippen LogP contribution in [0.5, 0.6) is 0 Å². The monoisotopic (exact) mass is 516 g/mol. The number of rotatable bonds is 10. The molecule has 0 saturated carbocycles. The van der Waals surface area contributed by atoms with Gasteiger partial charge in [0.25, 0.3) is 20.0 Å². The molecule has 9 nitrogen and oxygen atoms in total. The van der Waals surface area contributed by atoms with E-state index in [1.165, 1.54) is 42.5 Å². The first-order chi connectivity index (χ1) is 16.5. The van der Waals surface area contributed by atoms with E-state index in [-0.39, 0.29) is 33.3 Å². The summed E-state index contributed by atoms with van der Waals surface area (Å²) in [6.45, 7) is 2.73. The summed E-state index contributed by atoms with van der Waals surface area (Å²) >= 11 is 0. The molecule has 2 N–H and O–H groups in total. The van der Waals surface area contributed by atoms with Crippen LogP contribution in [0.15, 0.2) is 88.7 Å². The van der Waals surface area contributed by atoms with Gasteiger partial charge in [0.15, 0.2) is 0 Å². The van der Waals surface area contributed by atoms with E-state index < -0.39 is 37.7 Å². The second-order valence-corrected chi connectivity index (χ2v) is 10.8. The van der Waals surface area contributed by atoms with Gasteiger partial charge in [-0.25, -0.2) is 16.8 Å². The quantitative estimate of drug-likeness (QED) is 0.311. The Morgan fingerprint density at radius 3 is 1.80 bits per heavy atom. The van der Waals surface area contributed by atoms with Crippen LogP contribution in [0.25, 0.3) is 0 Å². The third-order valence-electron chi connectivity index (χ3n) is 4.89. The number of Topliss-reactive ketones (excluding diaryl/α,β-unsaturated/α-hetero) is 1. The number of hydrogen-bond acceptors (Lipinski definition) is 7. The largest absolute Gasteiger partial charge is 0.465 e. The Hall–Kier alpha value is -3.70. The number of nitrogens with one attached hydrogen (secondary N) is 2. The SMILES string of the molecule is CCOC(=O)C(C(C)=O)c1cc(NS(=O)(=O)c2ccccc2)ccc1NS(=O)(=O)c1ccccc1. The summed E-state index contributed by atoms with van der Waals surface area (Å²) in [5, 5.41) is 0. The van der Waals surface area contributed by atoms with E-state index in [1.807, 2.05) is 0 Å². The van der Waals surface area contributed by atoms with Gasteiger partial charge in [0.2, 0.25) is 0 Å². The topological polar surface area (TPSA) is 136 Å². The fourth-order valence-corrected chi connectivity index (χ4v) is 5.49. The highest BCUT2D eigenvalue weighted by Gasteiger charge is 2.31. The summed E-state index contributed by atoms with van der Waals surface area (Å²) in [5.41, 5.74) is -0.0875. The van der Waals surface area contributed by atoms with Gasteiger partial charge < -0.3 is 4.74 Å². The molecular weight excluding hydrogens is 492 g/mol. The first kappa shape index (κ1) is 25.9. The van der Waals surface area contributed by atoms with Crippen molar-refractivity contribution in [1.82, 2.24) is 0 Å². The van der Waals surface area contributed by atoms with Crippen molar-refractivity contribution in [2.45, 2.75) is 29.6 Å². The lowest BCUT2D eigenvalue weighted by molar-refractivity contribution is -0.147. The summed E-state index contributed by atoms with van der Waals surface area (Å²) in [5.74, 6) is -2.97. The van der Waals surface area contributed by atoms with E-state index in [2.05, 4.69) is 9.44 Å². The van der Waals surface area contributed by atoms with Crippen LogP contribution in [0.3, 0.4) is 0 Å². The summed E-state index contributed by atoms with van der Waals surface area (Å²) in [7, 11) is -8.06. The highest BCUT2D eigenvalue weighted by molar-refractivity contribution is 7.93. The maximum Gasteiger partial charge on any atom is 0.321 e. The molecule has 0 aliphatic heterocycles. The van der Waals surface area contributed by atoms with Crippen LogP contribution in [0, 0.1) is 0 Å². The Kier molecular flexibility index (Phi) is 7.92. The van der Waals surface area contributed by atoms with Crippen LogP contribution in [-0.4, -0.2) is 35.2 Å². The van der Waals surface area contributed by atoms with E-state index in [9.17, 15) is 26.4 Å². The highest BCUT2D eigenvalue weighted by Crippen LogP contribution is 2.32. The summed E-state index contributed by atoms with van der Waals surface area (Å²) in [6.07, 6.45) is 0. The first-order valence-corrected chi connectivity index (χ1v) is 13.5. The molecule has 0 amide bonds. The summed E-state index contributed by atoms with van der Waals surface area (Å²) in [6, 6.07) is 19.0. The Bertz CT molecular complexity index is 1420. The molecule has 1 atom stereocenters. The van der Waals surface area contributed by atoms with Gasteiger partial charge >= 0.3 is 5.97 Å². The molecule has 0 heterocycles. The number of carbonyl (C=O) groups excluding carboxylic acids is 2. The number of sulfonamides is 2. The fourth-order valence-electron chi connectivity index (χ4n) is 3.31. The zero-order chi connectivity index (χ0) is 25.6. The third kappa shape index (κ3) is 6.25. The molecule has 0 aliphatic rings. The van der Waals surface area contributed by atoms with Crippen molar-refractivity contribution in [3.63, 3.8) is 0 Å². The summed E-state index contributed by atoms with van der Waals surface area (Å²) < 4.78 is 61.2. The smallest absolute Gasteiger partial charge is 0.321 e. The van der Waals surface area contributed by atoms with Gasteiger partial charge in [0, 0.05) is 5.69 Å². The van der Waals surface area contributed by atoms with Gasteiger partial charge in [-0.2, -0.15) is 0 Å². The maximum absolute atomic E-state index is 12.9. The van der Waals surface area contributed by atoms with E-state index in [0.717, 1.165) is 6.92 Å².